The first-order valence-electron chi connectivity index (χ1n) is 9.18. The fourth-order valence-corrected chi connectivity index (χ4v) is 3.86. The Labute approximate surface area is 155 Å². The van der Waals surface area contributed by atoms with Gasteiger partial charge < -0.3 is 14.4 Å². The van der Waals surface area contributed by atoms with Crippen molar-refractivity contribution in [3.05, 3.63) is 59.7 Å². The van der Waals surface area contributed by atoms with Crippen LogP contribution < -0.4 is 9.47 Å². The third-order valence-electron chi connectivity index (χ3n) is 5.47. The Morgan fingerprint density at radius 2 is 1.58 bits per heavy atom. The van der Waals surface area contributed by atoms with Crippen LogP contribution in [-0.4, -0.2) is 38.1 Å². The number of carbonyl (C=O) groups is 1. The number of hydrogen-bond donors (Lipinski definition) is 0. The SMILES string of the molecule is COc1ccc(C(=O)N(C)C2CCC(c3ccccc3)CC2)cc1OC. The molecule has 0 radical (unpaired) electrons. The predicted octanol–water partition coefficient (Wildman–Crippen LogP) is 4.50. The molecule has 138 valence electrons. The van der Waals surface area contributed by atoms with Crippen molar-refractivity contribution in [1.82, 2.24) is 4.90 Å². The van der Waals surface area contributed by atoms with Gasteiger partial charge >= 0.3 is 0 Å². The number of carbonyl (C=O) groups excluding carboxylic acids is 1. The summed E-state index contributed by atoms with van der Waals surface area (Å²) in [5, 5.41) is 0. The number of nitrogens with zero attached hydrogens (tertiary/aromatic N) is 1. The van der Waals surface area contributed by atoms with Crippen LogP contribution in [0.5, 0.6) is 11.5 Å². The van der Waals surface area contributed by atoms with Crippen LogP contribution in [0.15, 0.2) is 48.5 Å². The van der Waals surface area contributed by atoms with Crippen molar-refractivity contribution in [3.63, 3.8) is 0 Å². The van der Waals surface area contributed by atoms with Crippen LogP contribution >= 0.6 is 0 Å². The standard InChI is InChI=1S/C22H27NO3/c1-23(22(24)18-11-14-20(25-2)21(15-18)26-3)19-12-9-17(10-13-19)16-7-5-4-6-8-16/h4-8,11,14-15,17,19H,9-10,12-13H2,1-3H3. The average Bonchev–Trinajstić information content (AvgIpc) is 2.73. The summed E-state index contributed by atoms with van der Waals surface area (Å²) >= 11 is 0. The Morgan fingerprint density at radius 1 is 0.923 bits per heavy atom. The van der Waals surface area contributed by atoms with Gasteiger partial charge in [0, 0.05) is 18.7 Å². The molecule has 1 aliphatic carbocycles. The van der Waals surface area contributed by atoms with E-state index >= 15 is 0 Å². The molecule has 3 rings (SSSR count). The van der Waals surface area contributed by atoms with Crippen molar-refractivity contribution < 1.29 is 14.3 Å². The zero-order valence-electron chi connectivity index (χ0n) is 15.8. The highest BCUT2D eigenvalue weighted by atomic mass is 16.5. The monoisotopic (exact) mass is 353 g/mol. The average molecular weight is 353 g/mol. The maximum atomic E-state index is 12.9. The lowest BCUT2D eigenvalue weighted by molar-refractivity contribution is 0.0689. The van der Waals surface area contributed by atoms with Gasteiger partial charge in [-0.25, -0.2) is 0 Å². The van der Waals surface area contributed by atoms with Gasteiger partial charge in [0.25, 0.3) is 5.91 Å². The fraction of sp³-hybridized carbons (Fsp3) is 0.409. The lowest BCUT2D eigenvalue weighted by Crippen LogP contribution is -2.39. The molecule has 0 aliphatic heterocycles. The maximum Gasteiger partial charge on any atom is 0.253 e. The second-order valence-electron chi connectivity index (χ2n) is 6.90. The summed E-state index contributed by atoms with van der Waals surface area (Å²) in [5.41, 5.74) is 2.05. The minimum absolute atomic E-state index is 0.0362. The van der Waals surface area contributed by atoms with Crippen LogP contribution in [0.2, 0.25) is 0 Å². The zero-order valence-corrected chi connectivity index (χ0v) is 15.8. The van der Waals surface area contributed by atoms with Crippen LogP contribution in [0.4, 0.5) is 0 Å². The van der Waals surface area contributed by atoms with Crippen LogP contribution in [0, 0.1) is 0 Å². The predicted molar refractivity (Wildman–Crippen MR) is 103 cm³/mol. The smallest absolute Gasteiger partial charge is 0.253 e. The Hall–Kier alpha value is -2.49. The fourth-order valence-electron chi connectivity index (χ4n) is 3.86. The molecule has 0 spiro atoms. The van der Waals surface area contributed by atoms with Crippen molar-refractivity contribution in [2.24, 2.45) is 0 Å². The molecule has 2 aromatic rings. The van der Waals surface area contributed by atoms with Gasteiger partial charge in [0.05, 0.1) is 14.2 Å². The van der Waals surface area contributed by atoms with Gasteiger partial charge in [-0.1, -0.05) is 30.3 Å². The molecular formula is C22H27NO3. The molecule has 0 N–H and O–H groups in total. The quantitative estimate of drug-likeness (QED) is 0.794. The van der Waals surface area contributed by atoms with Gasteiger partial charge in [-0.2, -0.15) is 0 Å². The summed E-state index contributed by atoms with van der Waals surface area (Å²) in [6.07, 6.45) is 4.32. The molecule has 0 atom stereocenters. The van der Waals surface area contributed by atoms with Gasteiger partial charge in [0.15, 0.2) is 11.5 Å². The molecule has 1 aliphatic rings. The molecule has 1 fully saturated rings. The van der Waals surface area contributed by atoms with Crippen LogP contribution in [0.3, 0.4) is 0 Å². The van der Waals surface area contributed by atoms with E-state index in [1.54, 1.807) is 32.4 Å². The molecule has 4 nitrogen and oxygen atoms in total. The van der Waals surface area contributed by atoms with Gasteiger partial charge in [-0.3, -0.25) is 4.79 Å². The normalized spacial score (nSPS) is 19.7. The molecule has 4 heteroatoms. The Bertz CT molecular complexity index is 736. The summed E-state index contributed by atoms with van der Waals surface area (Å²) < 4.78 is 10.6. The summed E-state index contributed by atoms with van der Waals surface area (Å²) in [6.45, 7) is 0. The molecule has 0 bridgehead atoms. The summed E-state index contributed by atoms with van der Waals surface area (Å²) in [7, 11) is 5.09. The van der Waals surface area contributed by atoms with E-state index in [0.717, 1.165) is 25.7 Å². The van der Waals surface area contributed by atoms with Crippen molar-refractivity contribution in [2.75, 3.05) is 21.3 Å². The highest BCUT2D eigenvalue weighted by molar-refractivity contribution is 5.95. The second-order valence-corrected chi connectivity index (χ2v) is 6.90. The van der Waals surface area contributed by atoms with Gasteiger partial charge in [-0.15, -0.1) is 0 Å². The highest BCUT2D eigenvalue weighted by Gasteiger charge is 2.28. The maximum absolute atomic E-state index is 12.9. The zero-order chi connectivity index (χ0) is 18.5. The van der Waals surface area contributed by atoms with E-state index in [4.69, 9.17) is 9.47 Å². The van der Waals surface area contributed by atoms with Crippen LogP contribution in [0.1, 0.15) is 47.5 Å². The van der Waals surface area contributed by atoms with E-state index in [9.17, 15) is 4.79 Å². The number of ether oxygens (including phenoxy) is 2. The molecule has 2 aromatic carbocycles. The number of rotatable bonds is 5. The van der Waals surface area contributed by atoms with Gasteiger partial charge in [0.1, 0.15) is 0 Å². The molecule has 0 unspecified atom stereocenters. The van der Waals surface area contributed by atoms with Crippen molar-refractivity contribution in [3.8, 4) is 11.5 Å². The van der Waals surface area contributed by atoms with Gasteiger partial charge in [-0.05, 0) is 55.4 Å². The first-order chi connectivity index (χ1) is 12.6. The van der Waals surface area contributed by atoms with Crippen molar-refractivity contribution in [2.45, 2.75) is 37.6 Å². The Morgan fingerprint density at radius 3 is 2.19 bits per heavy atom. The minimum atomic E-state index is 0.0362. The first kappa shape index (κ1) is 18.3. The number of methoxy groups -OCH3 is 2. The number of hydrogen-bond acceptors (Lipinski definition) is 3. The highest BCUT2D eigenvalue weighted by Crippen LogP contribution is 2.35. The van der Waals surface area contributed by atoms with Gasteiger partial charge in [0.2, 0.25) is 0 Å². The summed E-state index contributed by atoms with van der Waals surface area (Å²) in [5.74, 6) is 1.86. The summed E-state index contributed by atoms with van der Waals surface area (Å²) in [4.78, 5) is 14.8. The minimum Gasteiger partial charge on any atom is -0.493 e. The van der Waals surface area contributed by atoms with E-state index in [-0.39, 0.29) is 11.9 Å². The van der Waals surface area contributed by atoms with Crippen LogP contribution in [0.25, 0.3) is 0 Å². The molecule has 26 heavy (non-hydrogen) atoms. The summed E-state index contributed by atoms with van der Waals surface area (Å²) in [6, 6.07) is 16.3. The van der Waals surface area contributed by atoms with Crippen LogP contribution in [-0.2, 0) is 0 Å². The van der Waals surface area contributed by atoms with E-state index in [1.807, 2.05) is 11.9 Å². The Kier molecular flexibility index (Phi) is 5.82. The second kappa shape index (κ2) is 8.26. The topological polar surface area (TPSA) is 38.8 Å². The molecular weight excluding hydrogens is 326 g/mol. The van der Waals surface area contributed by atoms with Crippen molar-refractivity contribution >= 4 is 5.91 Å². The largest absolute Gasteiger partial charge is 0.493 e. The molecule has 0 heterocycles. The number of benzene rings is 2. The molecule has 1 saturated carbocycles. The van der Waals surface area contributed by atoms with E-state index in [1.165, 1.54) is 5.56 Å². The lowest BCUT2D eigenvalue weighted by Gasteiger charge is -2.35. The lowest BCUT2D eigenvalue weighted by atomic mass is 9.81. The third-order valence-corrected chi connectivity index (χ3v) is 5.47. The van der Waals surface area contributed by atoms with E-state index < -0.39 is 0 Å². The molecule has 1 amide bonds. The number of amides is 1. The first-order valence-corrected chi connectivity index (χ1v) is 9.18. The Balaban J connectivity index is 1.65. The van der Waals surface area contributed by atoms with E-state index in [2.05, 4.69) is 30.3 Å². The third kappa shape index (κ3) is 3.85. The van der Waals surface area contributed by atoms with Crippen molar-refractivity contribution in [1.29, 1.82) is 0 Å². The van der Waals surface area contributed by atoms with E-state index in [0.29, 0.717) is 23.0 Å². The molecule has 0 saturated heterocycles. The molecule has 0 aromatic heterocycles.